The lowest BCUT2D eigenvalue weighted by Crippen LogP contribution is -1.93. The van der Waals surface area contributed by atoms with Gasteiger partial charge in [0.05, 0.1) is 0 Å². The summed E-state index contributed by atoms with van der Waals surface area (Å²) in [5.74, 6) is 0. The maximum Gasteiger partial charge on any atom is 0.0449 e. The van der Waals surface area contributed by atoms with Gasteiger partial charge in [-0.15, -0.1) is 0 Å². The molecule has 1 N–H and O–H groups in total. The maximum atomic E-state index is 6.43. The molecule has 0 bridgehead atoms. The molecule has 110 valence electrons. The first-order valence-electron chi connectivity index (χ1n) is 7.47. The number of benzene rings is 2. The summed E-state index contributed by atoms with van der Waals surface area (Å²) in [6, 6.07) is 15.8. The van der Waals surface area contributed by atoms with Gasteiger partial charge in [0.15, 0.2) is 0 Å². The predicted molar refractivity (Wildman–Crippen MR) is 91.5 cm³/mol. The van der Waals surface area contributed by atoms with Crippen molar-refractivity contribution in [3.05, 3.63) is 58.6 Å². The quantitative estimate of drug-likeness (QED) is 0.749. The van der Waals surface area contributed by atoms with Crippen LogP contribution in [-0.2, 0) is 6.42 Å². The molecule has 0 spiro atoms. The molecule has 21 heavy (non-hydrogen) atoms. The first-order chi connectivity index (χ1) is 10.2. The van der Waals surface area contributed by atoms with E-state index in [2.05, 4.69) is 54.7 Å². The Balaban J connectivity index is 1.62. The zero-order chi connectivity index (χ0) is 14.7. The molecule has 1 unspecified atom stereocenters. The molecule has 2 aromatic rings. The molecule has 1 aliphatic rings. The van der Waals surface area contributed by atoms with Crippen molar-refractivity contribution in [3.8, 4) is 0 Å². The third-order valence-corrected chi connectivity index (χ3v) is 5.07. The van der Waals surface area contributed by atoms with Gasteiger partial charge in [-0.3, -0.25) is 0 Å². The van der Waals surface area contributed by atoms with Gasteiger partial charge in [-0.1, -0.05) is 47.1 Å². The molecule has 3 rings (SSSR count). The van der Waals surface area contributed by atoms with E-state index in [9.17, 15) is 0 Å². The molecule has 0 aromatic heterocycles. The highest BCUT2D eigenvalue weighted by Crippen LogP contribution is 2.31. The Hall–Kier alpha value is -0.960. The lowest BCUT2D eigenvalue weighted by Gasteiger charge is -2.07. The molecule has 0 radical (unpaired) electrons. The number of hydrogen-bond acceptors (Lipinski definition) is 2. The highest BCUT2D eigenvalue weighted by atomic mass is 35.5. The van der Waals surface area contributed by atoms with E-state index >= 15 is 0 Å². The van der Waals surface area contributed by atoms with Crippen LogP contribution in [0.4, 0.5) is 0 Å². The van der Waals surface area contributed by atoms with E-state index in [1.807, 2.05) is 0 Å². The van der Waals surface area contributed by atoms with Crippen molar-refractivity contribution < 1.29 is 0 Å². The highest BCUT2D eigenvalue weighted by molar-refractivity contribution is 7.99. The fourth-order valence-electron chi connectivity index (χ4n) is 2.44. The molecule has 0 amide bonds. The summed E-state index contributed by atoms with van der Waals surface area (Å²) in [5, 5.41) is 4.24. The summed E-state index contributed by atoms with van der Waals surface area (Å²) in [7, 11) is 0. The van der Waals surface area contributed by atoms with Crippen molar-refractivity contribution >= 4 is 23.4 Å². The van der Waals surface area contributed by atoms with Crippen LogP contribution in [0.25, 0.3) is 0 Å². The summed E-state index contributed by atoms with van der Waals surface area (Å²) in [6.45, 7) is 3.31. The first-order valence-corrected chi connectivity index (χ1v) is 8.66. The normalized spacial score (nSPS) is 17.0. The molecule has 1 atom stereocenters. The molecule has 1 nitrogen and oxygen atoms in total. The van der Waals surface area contributed by atoms with Gasteiger partial charge in [0, 0.05) is 27.4 Å². The average molecular weight is 318 g/mol. The van der Waals surface area contributed by atoms with E-state index in [1.54, 1.807) is 11.8 Å². The fourth-order valence-corrected chi connectivity index (χ4v) is 3.75. The molecular weight excluding hydrogens is 298 g/mol. The lowest BCUT2D eigenvalue weighted by molar-refractivity contribution is 0.722. The minimum absolute atomic E-state index is 0.764. The summed E-state index contributed by atoms with van der Waals surface area (Å²) in [5.41, 5.74) is 2.56. The number of aryl methyl sites for hydroxylation is 2. The summed E-state index contributed by atoms with van der Waals surface area (Å²) < 4.78 is 0. The van der Waals surface area contributed by atoms with Gasteiger partial charge in [-0.05, 0) is 56.0 Å². The van der Waals surface area contributed by atoms with Crippen molar-refractivity contribution in [3.63, 3.8) is 0 Å². The van der Waals surface area contributed by atoms with Gasteiger partial charge in [0.1, 0.15) is 0 Å². The molecule has 3 heteroatoms. The fraction of sp³-hybridized carbons (Fsp3) is 0.333. The smallest absolute Gasteiger partial charge is 0.0449 e. The third-order valence-electron chi connectivity index (χ3n) is 3.74. The second-order valence-corrected chi connectivity index (χ2v) is 7.22. The molecule has 1 saturated heterocycles. The topological polar surface area (TPSA) is 21.9 Å². The second kappa shape index (κ2) is 6.87. The van der Waals surface area contributed by atoms with Crippen LogP contribution in [0, 0.1) is 6.92 Å². The summed E-state index contributed by atoms with van der Waals surface area (Å²) in [4.78, 5) is 2.47. The van der Waals surface area contributed by atoms with Crippen molar-refractivity contribution in [2.45, 2.75) is 42.0 Å². The van der Waals surface area contributed by atoms with E-state index in [0.717, 1.165) is 17.5 Å². The molecule has 1 heterocycles. The summed E-state index contributed by atoms with van der Waals surface area (Å²) in [6.07, 6.45) is 3.55. The zero-order valence-electron chi connectivity index (χ0n) is 12.2. The lowest BCUT2D eigenvalue weighted by atomic mass is 10.1. The molecular formula is C18H20ClNS. The van der Waals surface area contributed by atoms with E-state index in [1.165, 1.54) is 40.3 Å². The van der Waals surface area contributed by atoms with Gasteiger partial charge in [0.2, 0.25) is 0 Å². The van der Waals surface area contributed by atoms with Crippen LogP contribution in [-0.4, -0.2) is 12.6 Å². The van der Waals surface area contributed by atoms with Crippen molar-refractivity contribution in [2.75, 3.05) is 6.54 Å². The minimum atomic E-state index is 0.764. The van der Waals surface area contributed by atoms with Gasteiger partial charge >= 0.3 is 0 Å². The van der Waals surface area contributed by atoms with E-state index in [0.29, 0.717) is 0 Å². The second-order valence-electron chi connectivity index (χ2n) is 5.67. The van der Waals surface area contributed by atoms with Crippen LogP contribution in [0.5, 0.6) is 0 Å². The van der Waals surface area contributed by atoms with Crippen LogP contribution in [0.1, 0.15) is 24.0 Å². The standard InChI is InChI=1S/C18H20ClNS/c1-13-4-2-7-16(10-13)21-17-9-8-14(18(19)11-17)5-3-6-15-12-20-15/h2,4,7-11,15,20H,3,5-6,12H2,1H3. The van der Waals surface area contributed by atoms with E-state index < -0.39 is 0 Å². The average Bonchev–Trinajstić information content (AvgIpc) is 3.25. The SMILES string of the molecule is Cc1cccc(Sc2ccc(CCCC3CN3)c(Cl)c2)c1. The summed E-state index contributed by atoms with van der Waals surface area (Å²) >= 11 is 8.20. The third kappa shape index (κ3) is 4.50. The predicted octanol–water partition coefficient (Wildman–Crippen LogP) is 5.09. The van der Waals surface area contributed by atoms with Crippen LogP contribution in [0.2, 0.25) is 5.02 Å². The molecule has 1 fully saturated rings. The number of nitrogens with one attached hydrogen (secondary N) is 1. The molecule has 0 saturated carbocycles. The van der Waals surface area contributed by atoms with Gasteiger partial charge in [0.25, 0.3) is 0 Å². The maximum absolute atomic E-state index is 6.43. The highest BCUT2D eigenvalue weighted by Gasteiger charge is 2.18. The minimum Gasteiger partial charge on any atom is -0.311 e. The first kappa shape index (κ1) is 15.0. The van der Waals surface area contributed by atoms with Crippen LogP contribution >= 0.6 is 23.4 Å². The molecule has 2 aromatic carbocycles. The number of rotatable bonds is 6. The Morgan fingerprint density at radius 2 is 2.00 bits per heavy atom. The van der Waals surface area contributed by atoms with Crippen molar-refractivity contribution in [1.82, 2.24) is 5.32 Å². The Morgan fingerprint density at radius 3 is 2.71 bits per heavy atom. The van der Waals surface area contributed by atoms with Gasteiger partial charge in [-0.25, -0.2) is 0 Å². The van der Waals surface area contributed by atoms with Crippen LogP contribution < -0.4 is 5.32 Å². The van der Waals surface area contributed by atoms with Crippen LogP contribution in [0.3, 0.4) is 0 Å². The van der Waals surface area contributed by atoms with Gasteiger partial charge < -0.3 is 5.32 Å². The largest absolute Gasteiger partial charge is 0.311 e. The van der Waals surface area contributed by atoms with E-state index in [4.69, 9.17) is 11.6 Å². The Kier molecular flexibility index (Phi) is 4.89. The Bertz CT molecular complexity index is 622. The number of hydrogen-bond donors (Lipinski definition) is 1. The Labute approximate surface area is 136 Å². The monoisotopic (exact) mass is 317 g/mol. The Morgan fingerprint density at radius 1 is 1.19 bits per heavy atom. The van der Waals surface area contributed by atoms with Crippen molar-refractivity contribution in [2.24, 2.45) is 0 Å². The molecule has 0 aliphatic carbocycles. The zero-order valence-corrected chi connectivity index (χ0v) is 13.8. The van der Waals surface area contributed by atoms with Crippen molar-refractivity contribution in [1.29, 1.82) is 0 Å². The number of halogens is 1. The molecule has 1 aliphatic heterocycles. The van der Waals surface area contributed by atoms with E-state index in [-0.39, 0.29) is 0 Å². The van der Waals surface area contributed by atoms with Crippen LogP contribution in [0.15, 0.2) is 52.3 Å². The van der Waals surface area contributed by atoms with Gasteiger partial charge in [-0.2, -0.15) is 0 Å².